The minimum Gasteiger partial charge on any atom is -0.462 e. The van der Waals surface area contributed by atoms with Crippen molar-refractivity contribution in [2.24, 2.45) is 0 Å². The van der Waals surface area contributed by atoms with Crippen LogP contribution in [0.5, 0.6) is 0 Å². The van der Waals surface area contributed by atoms with E-state index < -0.39 is 5.97 Å². The molecule has 0 bridgehead atoms. The Balaban J connectivity index is 1.41. The number of carbonyl (C=O) groups excluding carboxylic acids is 3. The van der Waals surface area contributed by atoms with Gasteiger partial charge < -0.3 is 15.0 Å². The fourth-order valence-corrected chi connectivity index (χ4v) is 5.57. The maximum absolute atomic E-state index is 13.0. The van der Waals surface area contributed by atoms with Gasteiger partial charge in [-0.2, -0.15) is 0 Å². The minimum absolute atomic E-state index is 0.0559. The monoisotopic (exact) mass is 505 g/mol. The Morgan fingerprint density at radius 3 is 2.25 bits per heavy atom. The van der Waals surface area contributed by atoms with Crippen LogP contribution in [-0.4, -0.2) is 61.9 Å². The highest BCUT2D eigenvalue weighted by molar-refractivity contribution is 7.20. The molecule has 1 saturated heterocycles. The molecule has 1 N–H and O–H groups in total. The van der Waals surface area contributed by atoms with Crippen LogP contribution in [0.3, 0.4) is 0 Å². The molecule has 0 unspecified atom stereocenters. The second kappa shape index (κ2) is 11.5. The second-order valence-corrected chi connectivity index (χ2v) is 9.78. The SMILES string of the molecule is CCOC(=O)c1c(NC(=O)CN2CCN(c3ccc(C(C)=O)cc3)CC2)sc(-c2ccccc2)c1C. The molecule has 1 amide bonds. The number of hydrogen-bond donors (Lipinski definition) is 1. The van der Waals surface area contributed by atoms with E-state index in [1.807, 2.05) is 61.5 Å². The number of nitrogens with zero attached hydrogens (tertiary/aromatic N) is 2. The van der Waals surface area contributed by atoms with Crippen LogP contribution in [-0.2, 0) is 9.53 Å². The summed E-state index contributed by atoms with van der Waals surface area (Å²) < 4.78 is 5.29. The number of esters is 1. The van der Waals surface area contributed by atoms with Crippen LogP contribution in [0.1, 0.15) is 40.1 Å². The number of ketones is 1. The molecular formula is C28H31N3O4S. The molecule has 0 atom stereocenters. The van der Waals surface area contributed by atoms with Gasteiger partial charge in [0.15, 0.2) is 5.78 Å². The van der Waals surface area contributed by atoms with E-state index in [2.05, 4.69) is 15.1 Å². The van der Waals surface area contributed by atoms with Crippen molar-refractivity contribution in [1.29, 1.82) is 0 Å². The molecule has 7 nitrogen and oxygen atoms in total. The summed E-state index contributed by atoms with van der Waals surface area (Å²) in [6, 6.07) is 17.5. The highest BCUT2D eigenvalue weighted by atomic mass is 32.1. The maximum atomic E-state index is 13.0. The van der Waals surface area contributed by atoms with Gasteiger partial charge >= 0.3 is 5.97 Å². The third kappa shape index (κ3) is 5.83. The van der Waals surface area contributed by atoms with E-state index in [1.54, 1.807) is 13.8 Å². The highest BCUT2D eigenvalue weighted by Gasteiger charge is 2.25. The van der Waals surface area contributed by atoms with E-state index in [4.69, 9.17) is 4.74 Å². The van der Waals surface area contributed by atoms with Crippen LogP contribution < -0.4 is 10.2 Å². The number of benzene rings is 2. The Bertz CT molecular complexity index is 1230. The third-order valence-corrected chi connectivity index (χ3v) is 7.55. The zero-order chi connectivity index (χ0) is 25.7. The Labute approximate surface area is 215 Å². The first kappa shape index (κ1) is 25.6. The predicted molar refractivity (Wildman–Crippen MR) is 144 cm³/mol. The van der Waals surface area contributed by atoms with Gasteiger partial charge in [0.1, 0.15) is 5.00 Å². The number of hydrogen-bond acceptors (Lipinski definition) is 7. The molecule has 188 valence electrons. The van der Waals surface area contributed by atoms with Gasteiger partial charge in [-0.3, -0.25) is 14.5 Å². The summed E-state index contributed by atoms with van der Waals surface area (Å²) in [5.74, 6) is -0.519. The van der Waals surface area contributed by atoms with Crippen molar-refractivity contribution in [3.8, 4) is 10.4 Å². The average molecular weight is 506 g/mol. The van der Waals surface area contributed by atoms with Gasteiger partial charge in [0, 0.05) is 42.3 Å². The van der Waals surface area contributed by atoms with Crippen LogP contribution in [0, 0.1) is 6.92 Å². The number of carbonyl (C=O) groups is 3. The first-order valence-corrected chi connectivity index (χ1v) is 12.9. The van der Waals surface area contributed by atoms with Crippen molar-refractivity contribution in [2.75, 3.05) is 49.5 Å². The number of Topliss-reactive ketones (excluding diaryl/α,β-unsaturated/α-hetero) is 1. The van der Waals surface area contributed by atoms with Gasteiger partial charge in [-0.15, -0.1) is 11.3 Å². The zero-order valence-corrected chi connectivity index (χ0v) is 21.7. The number of thiophene rings is 1. The highest BCUT2D eigenvalue weighted by Crippen LogP contribution is 2.40. The Morgan fingerprint density at radius 2 is 1.64 bits per heavy atom. The van der Waals surface area contributed by atoms with E-state index in [0.29, 0.717) is 16.1 Å². The average Bonchev–Trinajstić information content (AvgIpc) is 3.20. The Hall–Kier alpha value is -3.49. The summed E-state index contributed by atoms with van der Waals surface area (Å²) in [5, 5.41) is 3.51. The molecule has 2 heterocycles. The quantitative estimate of drug-likeness (QED) is 0.348. The number of anilines is 2. The molecule has 1 aliphatic heterocycles. The molecule has 1 aliphatic rings. The van der Waals surface area contributed by atoms with Crippen molar-refractivity contribution < 1.29 is 19.1 Å². The van der Waals surface area contributed by atoms with Gasteiger partial charge in [0.2, 0.25) is 5.91 Å². The number of rotatable bonds is 8. The second-order valence-electron chi connectivity index (χ2n) is 8.76. The van der Waals surface area contributed by atoms with Crippen molar-refractivity contribution in [1.82, 2.24) is 4.90 Å². The fourth-order valence-electron chi connectivity index (χ4n) is 4.36. The Morgan fingerprint density at radius 1 is 0.972 bits per heavy atom. The van der Waals surface area contributed by atoms with E-state index >= 15 is 0 Å². The van der Waals surface area contributed by atoms with E-state index in [9.17, 15) is 14.4 Å². The lowest BCUT2D eigenvalue weighted by molar-refractivity contribution is -0.117. The van der Waals surface area contributed by atoms with Gasteiger partial charge in [0.05, 0.1) is 18.7 Å². The van der Waals surface area contributed by atoms with Gasteiger partial charge in [0.25, 0.3) is 0 Å². The molecule has 8 heteroatoms. The topological polar surface area (TPSA) is 79.0 Å². The molecule has 4 rings (SSSR count). The molecular weight excluding hydrogens is 474 g/mol. The molecule has 0 radical (unpaired) electrons. The summed E-state index contributed by atoms with van der Waals surface area (Å²) in [5.41, 5.74) is 4.01. The molecule has 0 aliphatic carbocycles. The van der Waals surface area contributed by atoms with Gasteiger partial charge in [-0.05, 0) is 56.2 Å². The minimum atomic E-state index is -0.423. The summed E-state index contributed by atoms with van der Waals surface area (Å²) in [6.45, 7) is 8.80. The van der Waals surface area contributed by atoms with Crippen LogP contribution in [0.2, 0.25) is 0 Å². The molecule has 1 aromatic heterocycles. The standard InChI is InChI=1S/C28H31N3O4S/c1-4-35-28(34)25-19(2)26(22-8-6-5-7-9-22)36-27(25)29-24(33)18-30-14-16-31(17-15-30)23-12-10-21(11-13-23)20(3)32/h5-13H,4,14-18H2,1-3H3,(H,29,33). The first-order valence-electron chi connectivity index (χ1n) is 12.1. The summed E-state index contributed by atoms with van der Waals surface area (Å²) in [4.78, 5) is 42.5. The molecule has 2 aromatic carbocycles. The van der Waals surface area contributed by atoms with E-state index in [-0.39, 0.29) is 24.8 Å². The van der Waals surface area contributed by atoms with Gasteiger partial charge in [-0.1, -0.05) is 30.3 Å². The summed E-state index contributed by atoms with van der Waals surface area (Å²) in [6.07, 6.45) is 0. The molecule has 1 fully saturated rings. The van der Waals surface area contributed by atoms with Crippen molar-refractivity contribution in [2.45, 2.75) is 20.8 Å². The van der Waals surface area contributed by atoms with Crippen LogP contribution in [0.4, 0.5) is 10.7 Å². The van der Waals surface area contributed by atoms with Gasteiger partial charge in [-0.25, -0.2) is 4.79 Å². The third-order valence-electron chi connectivity index (χ3n) is 6.29. The predicted octanol–water partition coefficient (Wildman–Crippen LogP) is 4.86. The van der Waals surface area contributed by atoms with Crippen LogP contribution in [0.25, 0.3) is 10.4 Å². The summed E-state index contributed by atoms with van der Waals surface area (Å²) in [7, 11) is 0. The maximum Gasteiger partial charge on any atom is 0.341 e. The lowest BCUT2D eigenvalue weighted by Crippen LogP contribution is -2.48. The lowest BCUT2D eigenvalue weighted by Gasteiger charge is -2.35. The molecule has 0 spiro atoms. The number of nitrogens with one attached hydrogen (secondary N) is 1. The van der Waals surface area contributed by atoms with Crippen molar-refractivity contribution >= 4 is 39.7 Å². The number of ether oxygens (including phenoxy) is 1. The van der Waals surface area contributed by atoms with Crippen molar-refractivity contribution in [3.63, 3.8) is 0 Å². The molecule has 3 aromatic rings. The van der Waals surface area contributed by atoms with E-state index in [1.165, 1.54) is 11.3 Å². The normalized spacial score (nSPS) is 13.9. The molecule has 36 heavy (non-hydrogen) atoms. The lowest BCUT2D eigenvalue weighted by atomic mass is 10.1. The number of piperazine rings is 1. The largest absolute Gasteiger partial charge is 0.462 e. The molecule has 0 saturated carbocycles. The van der Waals surface area contributed by atoms with Crippen LogP contribution in [0.15, 0.2) is 54.6 Å². The Kier molecular flexibility index (Phi) is 8.18. The van der Waals surface area contributed by atoms with Crippen molar-refractivity contribution in [3.05, 3.63) is 71.3 Å². The number of amides is 1. The fraction of sp³-hybridized carbons (Fsp3) is 0.321. The smallest absolute Gasteiger partial charge is 0.341 e. The van der Waals surface area contributed by atoms with Crippen LogP contribution >= 0.6 is 11.3 Å². The zero-order valence-electron chi connectivity index (χ0n) is 20.9. The van der Waals surface area contributed by atoms with E-state index in [0.717, 1.165) is 47.9 Å². The first-order chi connectivity index (χ1) is 17.4. The summed E-state index contributed by atoms with van der Waals surface area (Å²) >= 11 is 1.40.